The molecule has 0 bridgehead atoms. The molecule has 0 saturated carbocycles. The first kappa shape index (κ1) is 18.3. The van der Waals surface area contributed by atoms with Crippen molar-refractivity contribution in [3.63, 3.8) is 0 Å². The van der Waals surface area contributed by atoms with Crippen LogP contribution in [0.5, 0.6) is 11.5 Å². The summed E-state index contributed by atoms with van der Waals surface area (Å²) in [6.45, 7) is 3.26. The molecule has 0 spiro atoms. The standard InChI is InChI=1S/C17H20N2O6/c1-4-10(2)25-13-6-5-11(8-14(13)24-3)7-12-16(22)19(9-15(20)21)17(23)18-12/h5-8,10H,4,9H2,1-3H3,(H,18,23)(H,20,21)/b12-7+/t10-/m0/s1. The third-order valence-electron chi connectivity index (χ3n) is 3.66. The summed E-state index contributed by atoms with van der Waals surface area (Å²) in [5, 5.41) is 11.1. The van der Waals surface area contributed by atoms with Crippen LogP contribution in [-0.4, -0.2) is 47.7 Å². The number of nitrogens with zero attached hydrogens (tertiary/aromatic N) is 1. The molecule has 0 aliphatic carbocycles. The van der Waals surface area contributed by atoms with Crippen molar-refractivity contribution in [2.45, 2.75) is 26.4 Å². The minimum absolute atomic E-state index is 0.00361. The smallest absolute Gasteiger partial charge is 0.329 e. The molecule has 1 aliphatic heterocycles. The van der Waals surface area contributed by atoms with Crippen molar-refractivity contribution < 1.29 is 29.0 Å². The van der Waals surface area contributed by atoms with Crippen LogP contribution in [-0.2, 0) is 9.59 Å². The van der Waals surface area contributed by atoms with Gasteiger partial charge in [-0.25, -0.2) is 9.69 Å². The number of hydrogen-bond acceptors (Lipinski definition) is 5. The Hall–Kier alpha value is -3.03. The van der Waals surface area contributed by atoms with E-state index in [1.54, 1.807) is 18.2 Å². The molecule has 3 amide bonds. The number of hydrogen-bond donors (Lipinski definition) is 2. The summed E-state index contributed by atoms with van der Waals surface area (Å²) in [6.07, 6.45) is 2.32. The number of carbonyl (C=O) groups is 3. The van der Waals surface area contributed by atoms with Crippen LogP contribution < -0.4 is 14.8 Å². The van der Waals surface area contributed by atoms with Gasteiger partial charge in [0.25, 0.3) is 5.91 Å². The lowest BCUT2D eigenvalue weighted by Crippen LogP contribution is -2.35. The highest BCUT2D eigenvalue weighted by molar-refractivity contribution is 6.15. The average molecular weight is 348 g/mol. The van der Waals surface area contributed by atoms with E-state index in [1.807, 2.05) is 13.8 Å². The number of ether oxygens (including phenoxy) is 2. The Morgan fingerprint density at radius 1 is 1.36 bits per heavy atom. The number of imide groups is 1. The molecule has 8 nitrogen and oxygen atoms in total. The number of nitrogens with one attached hydrogen (secondary N) is 1. The topological polar surface area (TPSA) is 105 Å². The number of amides is 3. The van der Waals surface area contributed by atoms with Gasteiger partial charge in [-0.15, -0.1) is 0 Å². The number of carbonyl (C=O) groups excluding carboxylic acids is 2. The number of carboxylic acids is 1. The lowest BCUT2D eigenvalue weighted by molar-refractivity contribution is -0.140. The number of rotatable bonds is 7. The van der Waals surface area contributed by atoms with Gasteiger partial charge in [0.15, 0.2) is 11.5 Å². The van der Waals surface area contributed by atoms with Crippen LogP contribution in [0.2, 0.25) is 0 Å². The van der Waals surface area contributed by atoms with E-state index < -0.39 is 24.5 Å². The van der Waals surface area contributed by atoms with Gasteiger partial charge in [-0.2, -0.15) is 0 Å². The molecular formula is C17H20N2O6. The molecular weight excluding hydrogens is 328 g/mol. The summed E-state index contributed by atoms with van der Waals surface area (Å²) >= 11 is 0. The van der Waals surface area contributed by atoms with Gasteiger partial charge in [0.05, 0.1) is 13.2 Å². The SMILES string of the molecule is CC[C@H](C)Oc1ccc(/C=C2/NC(=O)N(CC(=O)O)C2=O)cc1OC. The Labute approximate surface area is 145 Å². The molecule has 1 aliphatic rings. The van der Waals surface area contributed by atoms with Crippen LogP contribution in [0.25, 0.3) is 6.08 Å². The zero-order valence-corrected chi connectivity index (χ0v) is 14.2. The molecule has 25 heavy (non-hydrogen) atoms. The predicted molar refractivity (Wildman–Crippen MR) is 89.2 cm³/mol. The summed E-state index contributed by atoms with van der Waals surface area (Å²) in [4.78, 5) is 35.2. The fraction of sp³-hybridized carbons (Fsp3) is 0.353. The quantitative estimate of drug-likeness (QED) is 0.575. The second-order valence-electron chi connectivity index (χ2n) is 5.52. The highest BCUT2D eigenvalue weighted by Crippen LogP contribution is 2.30. The van der Waals surface area contributed by atoms with E-state index in [0.29, 0.717) is 22.0 Å². The van der Waals surface area contributed by atoms with Crippen LogP contribution in [0, 0.1) is 0 Å². The van der Waals surface area contributed by atoms with Crippen molar-refractivity contribution in [2.24, 2.45) is 0 Å². The number of aliphatic carboxylic acids is 1. The highest BCUT2D eigenvalue weighted by Gasteiger charge is 2.34. The van der Waals surface area contributed by atoms with Gasteiger partial charge in [-0.3, -0.25) is 9.59 Å². The Kier molecular flexibility index (Phi) is 5.63. The maximum absolute atomic E-state index is 12.1. The molecule has 1 atom stereocenters. The van der Waals surface area contributed by atoms with E-state index in [1.165, 1.54) is 13.2 Å². The minimum atomic E-state index is -1.27. The molecule has 1 aromatic rings. The van der Waals surface area contributed by atoms with Crippen molar-refractivity contribution in [3.8, 4) is 11.5 Å². The molecule has 1 fully saturated rings. The van der Waals surface area contributed by atoms with Crippen molar-refractivity contribution in [3.05, 3.63) is 29.5 Å². The first-order valence-corrected chi connectivity index (χ1v) is 7.76. The first-order chi connectivity index (χ1) is 11.8. The Balaban J connectivity index is 2.25. The monoisotopic (exact) mass is 348 g/mol. The molecule has 134 valence electrons. The zero-order valence-electron chi connectivity index (χ0n) is 14.2. The summed E-state index contributed by atoms with van der Waals surface area (Å²) < 4.78 is 11.1. The van der Waals surface area contributed by atoms with Crippen molar-refractivity contribution >= 4 is 24.0 Å². The molecule has 2 N–H and O–H groups in total. The summed E-state index contributed by atoms with van der Waals surface area (Å²) in [6, 6.07) is 4.34. The van der Waals surface area contributed by atoms with Gasteiger partial charge in [-0.1, -0.05) is 13.0 Å². The third kappa shape index (κ3) is 4.28. The molecule has 2 rings (SSSR count). The van der Waals surface area contributed by atoms with E-state index in [9.17, 15) is 14.4 Å². The molecule has 0 unspecified atom stereocenters. The lowest BCUT2D eigenvalue weighted by atomic mass is 10.1. The molecule has 1 heterocycles. The minimum Gasteiger partial charge on any atom is -0.493 e. The van der Waals surface area contributed by atoms with Crippen molar-refractivity contribution in [2.75, 3.05) is 13.7 Å². The van der Waals surface area contributed by atoms with Gasteiger partial charge in [-0.05, 0) is 37.1 Å². The molecule has 1 aromatic carbocycles. The highest BCUT2D eigenvalue weighted by atomic mass is 16.5. The second kappa shape index (κ2) is 7.69. The number of urea groups is 1. The fourth-order valence-corrected chi connectivity index (χ4v) is 2.19. The van der Waals surface area contributed by atoms with Crippen LogP contribution in [0.4, 0.5) is 4.79 Å². The fourth-order valence-electron chi connectivity index (χ4n) is 2.19. The first-order valence-electron chi connectivity index (χ1n) is 7.76. The van der Waals surface area contributed by atoms with Crippen LogP contribution >= 0.6 is 0 Å². The van der Waals surface area contributed by atoms with Crippen LogP contribution in [0.15, 0.2) is 23.9 Å². The van der Waals surface area contributed by atoms with E-state index >= 15 is 0 Å². The number of benzene rings is 1. The molecule has 0 radical (unpaired) electrons. The van der Waals surface area contributed by atoms with Gasteiger partial charge in [0.1, 0.15) is 12.2 Å². The Morgan fingerprint density at radius 3 is 2.68 bits per heavy atom. The third-order valence-corrected chi connectivity index (χ3v) is 3.66. The van der Waals surface area contributed by atoms with E-state index in [4.69, 9.17) is 14.6 Å². The zero-order chi connectivity index (χ0) is 18.6. The molecule has 0 aromatic heterocycles. The van der Waals surface area contributed by atoms with Crippen LogP contribution in [0.3, 0.4) is 0 Å². The maximum Gasteiger partial charge on any atom is 0.329 e. The van der Waals surface area contributed by atoms with Crippen LogP contribution in [0.1, 0.15) is 25.8 Å². The maximum atomic E-state index is 12.1. The van der Waals surface area contributed by atoms with Gasteiger partial charge in [0.2, 0.25) is 0 Å². The normalized spacial score (nSPS) is 16.8. The van der Waals surface area contributed by atoms with Gasteiger partial charge >= 0.3 is 12.0 Å². The largest absolute Gasteiger partial charge is 0.493 e. The van der Waals surface area contributed by atoms with Crippen molar-refractivity contribution in [1.82, 2.24) is 10.2 Å². The molecule has 8 heteroatoms. The number of carboxylic acid groups (broad SMARTS) is 1. The van der Waals surface area contributed by atoms with E-state index in [0.717, 1.165) is 6.42 Å². The second-order valence-corrected chi connectivity index (χ2v) is 5.52. The summed E-state index contributed by atoms with van der Waals surface area (Å²) in [7, 11) is 1.51. The Morgan fingerprint density at radius 2 is 2.08 bits per heavy atom. The van der Waals surface area contributed by atoms with E-state index in [2.05, 4.69) is 5.32 Å². The van der Waals surface area contributed by atoms with Gasteiger partial charge < -0.3 is 19.9 Å². The lowest BCUT2D eigenvalue weighted by Gasteiger charge is -2.15. The summed E-state index contributed by atoms with van der Waals surface area (Å²) in [5.74, 6) is -0.883. The summed E-state index contributed by atoms with van der Waals surface area (Å²) in [5.41, 5.74) is 0.609. The van der Waals surface area contributed by atoms with Crippen molar-refractivity contribution in [1.29, 1.82) is 0 Å². The average Bonchev–Trinajstić information content (AvgIpc) is 2.83. The van der Waals surface area contributed by atoms with E-state index in [-0.39, 0.29) is 11.8 Å². The van der Waals surface area contributed by atoms with Gasteiger partial charge in [0, 0.05) is 0 Å². The predicted octanol–water partition coefficient (Wildman–Crippen LogP) is 1.85. The number of methoxy groups -OCH3 is 1. The molecule has 1 saturated heterocycles. The Bertz CT molecular complexity index is 728.